The highest BCUT2D eigenvalue weighted by molar-refractivity contribution is 5.76. The molecule has 0 fully saturated rings. The zero-order chi connectivity index (χ0) is 15.0. The van der Waals surface area contributed by atoms with Crippen LogP contribution in [0.5, 0.6) is 5.75 Å². The minimum atomic E-state index is -0.882. The summed E-state index contributed by atoms with van der Waals surface area (Å²) in [6.07, 6.45) is 1.09. The normalized spacial score (nSPS) is 10.1. The van der Waals surface area contributed by atoms with Crippen LogP contribution in [-0.2, 0) is 16.0 Å². The lowest BCUT2D eigenvalue weighted by Crippen LogP contribution is -2.25. The molecule has 1 aromatic carbocycles. The fraction of sp³-hybridized carbons (Fsp3) is 0.429. The molecule has 0 radical (unpaired) electrons. The van der Waals surface area contributed by atoms with Gasteiger partial charge in [0.2, 0.25) is 5.91 Å². The van der Waals surface area contributed by atoms with E-state index in [0.29, 0.717) is 24.9 Å². The average molecular weight is 283 g/mol. The van der Waals surface area contributed by atoms with Crippen molar-refractivity contribution in [2.45, 2.75) is 25.7 Å². The van der Waals surface area contributed by atoms with Crippen molar-refractivity contribution in [3.63, 3.8) is 0 Å². The number of amides is 1. The predicted molar refractivity (Wildman–Crippen MR) is 71.2 cm³/mol. The van der Waals surface area contributed by atoms with E-state index in [0.717, 1.165) is 0 Å². The lowest BCUT2D eigenvalue weighted by Gasteiger charge is -2.06. The summed E-state index contributed by atoms with van der Waals surface area (Å²) in [7, 11) is 1.39. The molecule has 1 rings (SSSR count). The maximum atomic E-state index is 13.4. The molecule has 0 saturated carbocycles. The largest absolute Gasteiger partial charge is 0.494 e. The number of hydrogen-bond acceptors (Lipinski definition) is 3. The number of rotatable bonds is 8. The van der Waals surface area contributed by atoms with Gasteiger partial charge in [-0.15, -0.1) is 0 Å². The standard InChI is InChI=1S/C14H18FNO4/c1-20-12-6-4-10(9-11(12)15)5-7-13(17)16-8-2-3-14(18)19/h4,6,9H,2-3,5,7-8H2,1H3,(H,16,17)(H,18,19). The number of aryl methyl sites for hydroxylation is 1. The number of nitrogens with one attached hydrogen (secondary N) is 1. The number of carbonyl (C=O) groups is 2. The van der Waals surface area contributed by atoms with Crippen LogP contribution in [0.15, 0.2) is 18.2 Å². The number of carboxylic acid groups (broad SMARTS) is 1. The Morgan fingerprint density at radius 3 is 2.70 bits per heavy atom. The SMILES string of the molecule is COc1ccc(CCC(=O)NCCCC(=O)O)cc1F. The summed E-state index contributed by atoms with van der Waals surface area (Å²) >= 11 is 0. The molecule has 20 heavy (non-hydrogen) atoms. The van der Waals surface area contributed by atoms with Crippen LogP contribution < -0.4 is 10.1 Å². The second-order valence-corrected chi connectivity index (χ2v) is 4.32. The summed E-state index contributed by atoms with van der Waals surface area (Å²) in [5.74, 6) is -1.33. The molecule has 0 heterocycles. The van der Waals surface area contributed by atoms with Crippen molar-refractivity contribution in [2.24, 2.45) is 0 Å². The minimum absolute atomic E-state index is 0.0317. The van der Waals surface area contributed by atoms with Crippen LogP contribution in [0.1, 0.15) is 24.8 Å². The van der Waals surface area contributed by atoms with Crippen molar-refractivity contribution < 1.29 is 23.8 Å². The number of ether oxygens (including phenoxy) is 1. The van der Waals surface area contributed by atoms with Gasteiger partial charge in [0, 0.05) is 19.4 Å². The van der Waals surface area contributed by atoms with Crippen molar-refractivity contribution in [1.82, 2.24) is 5.32 Å². The van der Waals surface area contributed by atoms with Crippen LogP contribution in [0, 0.1) is 5.82 Å². The van der Waals surface area contributed by atoms with E-state index in [1.807, 2.05) is 0 Å². The number of carboxylic acids is 1. The van der Waals surface area contributed by atoms with Gasteiger partial charge >= 0.3 is 5.97 Å². The second kappa shape index (κ2) is 8.14. The van der Waals surface area contributed by atoms with Gasteiger partial charge in [0.25, 0.3) is 0 Å². The first-order valence-corrected chi connectivity index (χ1v) is 6.34. The van der Waals surface area contributed by atoms with E-state index in [1.54, 1.807) is 6.07 Å². The van der Waals surface area contributed by atoms with Gasteiger partial charge in [0.1, 0.15) is 0 Å². The summed E-state index contributed by atoms with van der Waals surface area (Å²) in [6.45, 7) is 0.335. The van der Waals surface area contributed by atoms with Crippen molar-refractivity contribution >= 4 is 11.9 Å². The number of hydrogen-bond donors (Lipinski definition) is 2. The van der Waals surface area contributed by atoms with E-state index in [1.165, 1.54) is 19.2 Å². The van der Waals surface area contributed by atoms with E-state index in [2.05, 4.69) is 5.32 Å². The molecule has 0 saturated heterocycles. The van der Waals surface area contributed by atoms with Crippen LogP contribution in [0.4, 0.5) is 4.39 Å². The summed E-state index contributed by atoms with van der Waals surface area (Å²) in [5, 5.41) is 11.1. The van der Waals surface area contributed by atoms with Crippen molar-refractivity contribution in [2.75, 3.05) is 13.7 Å². The molecule has 110 valence electrons. The lowest BCUT2D eigenvalue weighted by molar-refractivity contribution is -0.137. The number of methoxy groups -OCH3 is 1. The van der Waals surface area contributed by atoms with Gasteiger partial charge in [-0.1, -0.05) is 6.07 Å². The first-order valence-electron chi connectivity index (χ1n) is 6.34. The molecule has 0 aliphatic carbocycles. The van der Waals surface area contributed by atoms with Crippen LogP contribution in [0.25, 0.3) is 0 Å². The number of aliphatic carboxylic acids is 1. The molecule has 5 nitrogen and oxygen atoms in total. The molecule has 1 amide bonds. The summed E-state index contributed by atoms with van der Waals surface area (Å²) in [6, 6.07) is 4.57. The molecule has 0 aromatic heterocycles. The first-order chi connectivity index (χ1) is 9.52. The number of benzene rings is 1. The fourth-order valence-electron chi connectivity index (χ4n) is 1.68. The van der Waals surface area contributed by atoms with Gasteiger partial charge in [0.15, 0.2) is 11.6 Å². The predicted octanol–water partition coefficient (Wildman–Crippen LogP) is 1.75. The van der Waals surface area contributed by atoms with Crippen LogP contribution in [0.3, 0.4) is 0 Å². The molecular formula is C14H18FNO4. The van der Waals surface area contributed by atoms with E-state index < -0.39 is 11.8 Å². The Labute approximate surface area is 116 Å². The quantitative estimate of drug-likeness (QED) is 0.713. The Bertz CT molecular complexity index is 476. The Hall–Kier alpha value is -2.11. The summed E-state index contributed by atoms with van der Waals surface area (Å²) in [5.41, 5.74) is 0.712. The minimum Gasteiger partial charge on any atom is -0.494 e. The Kier molecular flexibility index (Phi) is 6.49. The smallest absolute Gasteiger partial charge is 0.303 e. The van der Waals surface area contributed by atoms with Crippen LogP contribution >= 0.6 is 0 Å². The van der Waals surface area contributed by atoms with Crippen molar-refractivity contribution in [3.05, 3.63) is 29.6 Å². The highest BCUT2D eigenvalue weighted by Gasteiger charge is 2.06. The van der Waals surface area contributed by atoms with Gasteiger partial charge in [-0.2, -0.15) is 0 Å². The zero-order valence-corrected chi connectivity index (χ0v) is 11.3. The van der Waals surface area contributed by atoms with Gasteiger partial charge in [-0.25, -0.2) is 4.39 Å². The Balaban J connectivity index is 2.30. The third kappa shape index (κ3) is 5.69. The molecule has 1 aromatic rings. The second-order valence-electron chi connectivity index (χ2n) is 4.32. The van der Waals surface area contributed by atoms with Crippen molar-refractivity contribution in [3.8, 4) is 5.75 Å². The van der Waals surface area contributed by atoms with Gasteiger partial charge in [-0.05, 0) is 30.5 Å². The van der Waals surface area contributed by atoms with Crippen LogP contribution in [0.2, 0.25) is 0 Å². The zero-order valence-electron chi connectivity index (χ0n) is 11.3. The van der Waals surface area contributed by atoms with Crippen molar-refractivity contribution in [1.29, 1.82) is 0 Å². The van der Waals surface area contributed by atoms with Gasteiger partial charge in [-0.3, -0.25) is 9.59 Å². The molecule has 0 unspecified atom stereocenters. The molecule has 2 N–H and O–H groups in total. The summed E-state index contributed by atoms with van der Waals surface area (Å²) in [4.78, 5) is 21.8. The average Bonchev–Trinajstić information content (AvgIpc) is 2.41. The topological polar surface area (TPSA) is 75.6 Å². The summed E-state index contributed by atoms with van der Waals surface area (Å²) < 4.78 is 18.2. The molecule has 0 aliphatic heterocycles. The van der Waals surface area contributed by atoms with E-state index in [9.17, 15) is 14.0 Å². The third-order valence-corrected chi connectivity index (χ3v) is 2.75. The fourth-order valence-corrected chi connectivity index (χ4v) is 1.68. The van der Waals surface area contributed by atoms with Crippen LogP contribution in [-0.4, -0.2) is 30.6 Å². The molecule has 0 aliphatic rings. The van der Waals surface area contributed by atoms with E-state index >= 15 is 0 Å². The first kappa shape index (κ1) is 15.9. The highest BCUT2D eigenvalue weighted by Crippen LogP contribution is 2.18. The molecule has 0 spiro atoms. The van der Waals surface area contributed by atoms with Gasteiger partial charge < -0.3 is 15.2 Å². The Morgan fingerprint density at radius 2 is 2.10 bits per heavy atom. The van der Waals surface area contributed by atoms with E-state index in [4.69, 9.17) is 9.84 Å². The third-order valence-electron chi connectivity index (χ3n) is 2.75. The maximum Gasteiger partial charge on any atom is 0.303 e. The number of carbonyl (C=O) groups excluding carboxylic acids is 1. The molecule has 0 atom stereocenters. The monoisotopic (exact) mass is 283 g/mol. The highest BCUT2D eigenvalue weighted by atomic mass is 19.1. The molecular weight excluding hydrogens is 265 g/mol. The Morgan fingerprint density at radius 1 is 1.35 bits per heavy atom. The molecule has 6 heteroatoms. The number of halogens is 1. The maximum absolute atomic E-state index is 13.4. The lowest BCUT2D eigenvalue weighted by atomic mass is 10.1. The molecule has 0 bridgehead atoms. The van der Waals surface area contributed by atoms with E-state index in [-0.39, 0.29) is 24.5 Å². The van der Waals surface area contributed by atoms with Gasteiger partial charge in [0.05, 0.1) is 7.11 Å².